The number of ether oxygens (including phenoxy) is 7. The van der Waals surface area contributed by atoms with Gasteiger partial charge in [0.2, 0.25) is 59.3 Å². The summed E-state index contributed by atoms with van der Waals surface area (Å²) in [6.07, 6.45) is -16.5. The quantitative estimate of drug-likeness (QED) is 0.0360. The Bertz CT molecular complexity index is 4770. The lowest BCUT2D eigenvalue weighted by Crippen LogP contribution is -2.65. The van der Waals surface area contributed by atoms with Crippen molar-refractivity contribution in [2.75, 3.05) is 19.8 Å². The Morgan fingerprint density at radius 2 is 1.39 bits per heavy atom. The molecule has 36 nitrogen and oxygen atoms in total. The molecule has 2 saturated heterocycles. The van der Waals surface area contributed by atoms with Crippen molar-refractivity contribution >= 4 is 76.4 Å². The third kappa shape index (κ3) is 19.1. The Morgan fingerprint density at radius 1 is 0.741 bits per heavy atom. The first-order valence-corrected chi connectivity index (χ1v) is 37.4. The van der Waals surface area contributed by atoms with Crippen LogP contribution in [0.3, 0.4) is 0 Å². The number of rotatable bonds is 21. The molecule has 7 aliphatic rings. The monoisotopic (exact) mass is 1650 g/mol. The molecule has 0 saturated carbocycles. The zero-order chi connectivity index (χ0) is 84.0. The van der Waals surface area contributed by atoms with E-state index < -0.39 is 261 Å². The molecule has 6 aromatic carbocycles. The molecule has 6 aromatic rings. The number of aliphatic hydroxyl groups is 6. The highest BCUT2D eigenvalue weighted by molar-refractivity contribution is 6.32. The average molecular weight is 1650 g/mol. The van der Waals surface area contributed by atoms with Crippen LogP contribution in [0.5, 0.6) is 51.7 Å². The summed E-state index contributed by atoms with van der Waals surface area (Å²) in [6, 6.07) is 5.88. The van der Waals surface area contributed by atoms with Crippen LogP contribution < -0.4 is 72.9 Å². The van der Waals surface area contributed by atoms with Gasteiger partial charge in [0, 0.05) is 35.7 Å². The smallest absolute Gasteiger partial charge is 0.322 e. The second-order valence-corrected chi connectivity index (χ2v) is 29.6. The Morgan fingerprint density at radius 3 is 2.03 bits per heavy atom. The number of carboxylic acids is 1. The minimum absolute atomic E-state index is 0.164. The molecule has 7 heterocycles. The summed E-state index contributed by atoms with van der Waals surface area (Å²) >= 11 is 14.3. The molecule has 620 valence electrons. The fourth-order valence-electron chi connectivity index (χ4n) is 13.9. The number of phenolic OH excluding ortho intramolecular Hbond substituents is 3. The van der Waals surface area contributed by atoms with E-state index in [4.69, 9.17) is 67.8 Å². The molecule has 11 bridgehead atoms. The fraction of sp³-hybridized carbons (Fsp3) is 0.397. The number of benzene rings is 6. The second-order valence-electron chi connectivity index (χ2n) is 28.8. The minimum Gasteiger partial charge on any atom is -0.508 e. The number of halogens is 2. The van der Waals surface area contributed by atoms with Crippen molar-refractivity contribution < 1.29 is 127 Å². The maximum atomic E-state index is 16.2. The van der Waals surface area contributed by atoms with Gasteiger partial charge < -0.3 is 138 Å². The predicted octanol–water partition coefficient (Wildman–Crippen LogP) is 1.75. The summed E-state index contributed by atoms with van der Waals surface area (Å²) in [5, 5.41) is 135. The zero-order valence-corrected chi connectivity index (χ0v) is 64.1. The highest BCUT2D eigenvalue weighted by Gasteiger charge is 2.52. The summed E-state index contributed by atoms with van der Waals surface area (Å²) in [7, 11) is 0. The van der Waals surface area contributed by atoms with E-state index in [1.165, 1.54) is 12.1 Å². The Hall–Kier alpha value is -11.0. The van der Waals surface area contributed by atoms with Gasteiger partial charge >= 0.3 is 5.97 Å². The number of fused-ring (bicyclic) bond motifs is 15. The Kier molecular flexibility index (Phi) is 27.0. The highest BCUT2D eigenvalue weighted by Crippen LogP contribution is 2.50. The molecule has 0 aromatic heterocycles. The van der Waals surface area contributed by atoms with Gasteiger partial charge in [0.25, 0.3) is 0 Å². The Balaban J connectivity index is 1.12. The van der Waals surface area contributed by atoms with Gasteiger partial charge in [-0.3, -0.25) is 43.2 Å². The molecule has 0 radical (unpaired) electrons. The maximum absolute atomic E-state index is 16.2. The van der Waals surface area contributed by atoms with Gasteiger partial charge in [0.15, 0.2) is 23.9 Å². The molecular weight excluding hydrogens is 1560 g/mol. The van der Waals surface area contributed by atoms with Crippen LogP contribution in [0.25, 0.3) is 11.1 Å². The molecule has 7 aliphatic heterocycles. The van der Waals surface area contributed by atoms with Gasteiger partial charge in [-0.15, -0.1) is 6.58 Å². The van der Waals surface area contributed by atoms with Crippen LogP contribution in [0.15, 0.2) is 116 Å². The molecule has 0 spiro atoms. The number of primary amides is 1. The van der Waals surface area contributed by atoms with E-state index in [0.29, 0.717) is 25.2 Å². The van der Waals surface area contributed by atoms with Crippen LogP contribution in [0.4, 0.5) is 0 Å². The van der Waals surface area contributed by atoms with Gasteiger partial charge in [0.05, 0.1) is 47.9 Å². The van der Waals surface area contributed by atoms with Crippen LogP contribution in [-0.4, -0.2) is 203 Å². The van der Waals surface area contributed by atoms with Crippen LogP contribution in [0.1, 0.15) is 117 Å². The van der Waals surface area contributed by atoms with E-state index in [9.17, 15) is 75.0 Å². The molecule has 8 amide bonds. The van der Waals surface area contributed by atoms with Crippen molar-refractivity contribution in [3.8, 4) is 62.9 Å². The van der Waals surface area contributed by atoms with Crippen LogP contribution in [0.2, 0.25) is 10.0 Å². The normalized spacial score (nSPS) is 27.2. The first-order valence-electron chi connectivity index (χ1n) is 36.7. The SMILES string of the molecule is C=CCCOc1cccc(CN[C@@]2(C)C[C@H](O[C@H]3[C@H](Oc4c5cc6cc4Oc4ccc(cc4Cl)[C@@H](O)[C@@H](NC(=O)[C@@H](N)[C@@H](C)CC)C(=O)N[C@@H](CC(N)=O)C(=O)N[C@H]6C(=O)N[C@H]4C(=O)N[C@H](C(=O)N[C@H](C(=O)NCC(=O)O)c6cc(O)cc(O)c6-c6cc4ccc6O)[C@H](O)c4ccc(c(Cl)c4)O5)O[C@H](CO)[C@@H](O)[C@@H]3O)O[C@@H](C)[C@H]2O)c1. The number of carboxylic acid groups (broad SMARTS) is 1. The predicted molar refractivity (Wildman–Crippen MR) is 407 cm³/mol. The average Bonchev–Trinajstić information content (AvgIpc) is 0.767. The van der Waals surface area contributed by atoms with Crippen molar-refractivity contribution in [1.29, 1.82) is 0 Å². The topological polar surface area (TPSA) is 569 Å². The minimum atomic E-state index is -2.39. The van der Waals surface area contributed by atoms with Crippen molar-refractivity contribution in [2.45, 2.75) is 169 Å². The van der Waals surface area contributed by atoms with Crippen molar-refractivity contribution in [2.24, 2.45) is 17.4 Å². The highest BCUT2D eigenvalue weighted by atomic mass is 35.5. The molecule has 116 heavy (non-hydrogen) atoms. The lowest BCUT2D eigenvalue weighted by Gasteiger charge is -2.48. The molecule has 0 unspecified atom stereocenters. The molecule has 22 N–H and O–H groups in total. The van der Waals surface area contributed by atoms with E-state index in [0.717, 1.165) is 72.3 Å². The van der Waals surface area contributed by atoms with Gasteiger partial charge in [-0.25, -0.2) is 0 Å². The van der Waals surface area contributed by atoms with Gasteiger partial charge in [0.1, 0.15) is 108 Å². The molecular formula is C78H88Cl2N10O26. The lowest BCUT2D eigenvalue weighted by molar-refractivity contribution is -0.334. The summed E-state index contributed by atoms with van der Waals surface area (Å²) in [6.45, 7) is 8.80. The molecule has 19 atom stereocenters. The fourth-order valence-corrected chi connectivity index (χ4v) is 14.4. The lowest BCUT2D eigenvalue weighted by atomic mass is 9.84. The number of phenols is 3. The van der Waals surface area contributed by atoms with Crippen molar-refractivity contribution in [3.05, 3.63) is 159 Å². The molecule has 13 rings (SSSR count). The van der Waals surface area contributed by atoms with E-state index in [1.54, 1.807) is 52.0 Å². The largest absolute Gasteiger partial charge is 0.508 e. The number of hydrogen-bond donors (Lipinski definition) is 20. The number of aliphatic hydroxyl groups excluding tert-OH is 6. The number of amides is 8. The van der Waals surface area contributed by atoms with E-state index in [-0.39, 0.29) is 35.4 Å². The molecule has 0 aliphatic carbocycles. The first kappa shape index (κ1) is 85.9. The van der Waals surface area contributed by atoms with E-state index in [1.807, 2.05) is 6.07 Å². The van der Waals surface area contributed by atoms with Gasteiger partial charge in [-0.1, -0.05) is 79.9 Å². The molecule has 38 heteroatoms. The van der Waals surface area contributed by atoms with E-state index >= 15 is 19.2 Å². The van der Waals surface area contributed by atoms with E-state index in [2.05, 4.69) is 49.1 Å². The van der Waals surface area contributed by atoms with Crippen molar-refractivity contribution in [3.63, 3.8) is 0 Å². The van der Waals surface area contributed by atoms with Crippen LogP contribution in [-0.2, 0) is 63.9 Å². The number of aliphatic carboxylic acids is 1. The second kappa shape index (κ2) is 36.5. The summed E-state index contributed by atoms with van der Waals surface area (Å²) in [5.74, 6) is -17.5. The maximum Gasteiger partial charge on any atom is 0.322 e. The number of carbonyl (C=O) groups excluding carboxylic acids is 8. The zero-order valence-electron chi connectivity index (χ0n) is 62.6. The third-order valence-corrected chi connectivity index (χ3v) is 21.1. The number of nitrogens with one attached hydrogen (secondary N) is 8. The first-order chi connectivity index (χ1) is 55.1. The number of aromatic hydroxyl groups is 3. The summed E-state index contributed by atoms with van der Waals surface area (Å²) in [4.78, 5) is 131. The number of hydrogen-bond acceptors (Lipinski definition) is 27. The third-order valence-electron chi connectivity index (χ3n) is 20.5. The van der Waals surface area contributed by atoms with Crippen molar-refractivity contribution in [1.82, 2.24) is 42.5 Å². The van der Waals surface area contributed by atoms with Gasteiger partial charge in [-0.05, 0) is 126 Å². The summed E-state index contributed by atoms with van der Waals surface area (Å²) < 4.78 is 45.2. The number of carbonyl (C=O) groups is 9. The molecule has 2 fully saturated rings. The van der Waals surface area contributed by atoms with Crippen LogP contribution in [0, 0.1) is 5.92 Å². The Labute approximate surface area is 671 Å². The number of nitrogens with two attached hydrogens (primary N) is 2. The summed E-state index contributed by atoms with van der Waals surface area (Å²) in [5.41, 5.74) is 8.61. The van der Waals surface area contributed by atoms with Gasteiger partial charge in [-0.2, -0.15) is 0 Å². The van der Waals surface area contributed by atoms with Crippen LogP contribution >= 0.6 is 23.2 Å². The standard InChI is InChI=1S/C78H88Cl2N10O26/c1-6-8-18-110-40-11-9-10-34(19-40)29-84-78(5)28-55(111-33(4)69(78)102)115-68-66(101)65(100)52(31-91)114-77(68)116-67-50-23-38-24-51(67)113-49-17-14-37(22-44(49)80)64(99)62-76(109)88-60(72(105)83-30-54(96)97)42-25-39(92)26-47(94)56(42)41-20-35(12-15-46(41)93)58(73(106)90-62)87-74(107)59(38)86-70(103)45(27-53(81)95)85-75(108)61(89-71(104)57(82)32(3)7-2)63(98)36-13-16-48(112-50)43(79)21-36/h6,9-17,19-26,32-33,45,52,55,57-66,68-69,77,84,91-94,98-102H,1,7-8,18,27-31,82H2,2-5H3,(H2,81,95)(H,83,105)(H,85,108)(H,86,103)(H,87,107)(H,88,109)(H,89,104)(H,90,106)(H,96,97)/t32-,33-,45-,52+,55-,57-,58+,59+,60-,61+,62-,63+,64+,65+,66-,68+,69+,77-,78-/m0/s1.